The number of alkyl halides is 2. The molecule has 1 aliphatic heterocycles. The van der Waals surface area contributed by atoms with Gasteiger partial charge in [0.25, 0.3) is 0 Å². The summed E-state index contributed by atoms with van der Waals surface area (Å²) >= 11 is -0.700. The molecule has 0 N–H and O–H groups in total. The Morgan fingerprint density at radius 2 is 1.67 bits per heavy atom. The van der Waals surface area contributed by atoms with Crippen LogP contribution in [0.25, 0.3) is 0 Å². The van der Waals surface area contributed by atoms with Crippen molar-refractivity contribution in [3.8, 4) is 0 Å². The zero-order valence-corrected chi connectivity index (χ0v) is 11.8. The van der Waals surface area contributed by atoms with Crippen LogP contribution in [0.3, 0.4) is 0 Å². The first-order valence-corrected chi connectivity index (χ1v) is 10.9. The third-order valence-corrected chi connectivity index (χ3v) is 6.88. The van der Waals surface area contributed by atoms with Crippen molar-refractivity contribution in [2.75, 3.05) is 23.0 Å². The van der Waals surface area contributed by atoms with Crippen LogP contribution in [0.5, 0.6) is 0 Å². The van der Waals surface area contributed by atoms with Gasteiger partial charge in [0.15, 0.2) is 0 Å². The summed E-state index contributed by atoms with van der Waals surface area (Å²) in [5.74, 6) is 0.818. The van der Waals surface area contributed by atoms with E-state index >= 15 is 0 Å². The zero-order valence-electron chi connectivity index (χ0n) is 9.62. The van der Waals surface area contributed by atoms with Crippen molar-refractivity contribution in [1.29, 1.82) is 0 Å². The van der Waals surface area contributed by atoms with E-state index < -0.39 is 20.1 Å². The molecule has 2 heteroatoms. The van der Waals surface area contributed by atoms with E-state index in [1.165, 1.54) is 25.9 Å². The van der Waals surface area contributed by atoms with Gasteiger partial charge in [-0.15, -0.1) is 0 Å². The molecule has 0 spiro atoms. The third kappa shape index (κ3) is 2.94. The summed E-state index contributed by atoms with van der Waals surface area (Å²) < 4.78 is 2.74. The summed E-state index contributed by atoms with van der Waals surface area (Å²) in [6.07, 6.45) is 2.72. The molecule has 0 aliphatic carbocycles. The molecule has 0 bridgehead atoms. The zero-order chi connectivity index (χ0) is 10.7. The Hall–Kier alpha value is -0.0900. The second-order valence-corrected chi connectivity index (χ2v) is 9.76. The van der Waals surface area contributed by atoms with Crippen molar-refractivity contribution in [3.05, 3.63) is 35.9 Å². The number of benzene rings is 1. The normalized spacial score (nSPS) is 20.3. The van der Waals surface area contributed by atoms with Crippen LogP contribution in [0.4, 0.5) is 0 Å². The van der Waals surface area contributed by atoms with Crippen LogP contribution in [-0.2, 0) is 0 Å². The van der Waals surface area contributed by atoms with Crippen LogP contribution >= 0.6 is 20.1 Å². The number of hydrogen-bond acceptors (Lipinski definition) is 1. The van der Waals surface area contributed by atoms with Crippen LogP contribution in [0, 0.1) is 0 Å². The van der Waals surface area contributed by atoms with E-state index in [2.05, 4.69) is 43.3 Å². The first-order valence-electron chi connectivity index (χ1n) is 5.57. The van der Waals surface area contributed by atoms with Crippen molar-refractivity contribution in [3.63, 3.8) is 0 Å². The fraction of sp³-hybridized carbons (Fsp3) is 0.538. The fourth-order valence-electron chi connectivity index (χ4n) is 2.24. The van der Waals surface area contributed by atoms with Crippen molar-refractivity contribution in [2.24, 2.45) is 0 Å². The van der Waals surface area contributed by atoms with Gasteiger partial charge in [-0.2, -0.15) is 0 Å². The van der Waals surface area contributed by atoms with E-state index in [0.717, 1.165) is 5.92 Å². The molecule has 0 amide bonds. The summed E-state index contributed by atoms with van der Waals surface area (Å²) in [7, 11) is 0. The summed E-state index contributed by atoms with van der Waals surface area (Å²) in [6, 6.07) is 11.0. The van der Waals surface area contributed by atoms with Gasteiger partial charge in [0, 0.05) is 0 Å². The Balaban J connectivity index is 1.94. The summed E-state index contributed by atoms with van der Waals surface area (Å²) in [4.78, 5) is 4.90. The first kappa shape index (κ1) is 11.4. The van der Waals surface area contributed by atoms with Gasteiger partial charge in [0.1, 0.15) is 0 Å². The van der Waals surface area contributed by atoms with E-state index in [1.807, 2.05) is 0 Å². The molecule has 1 aliphatic rings. The number of nitrogens with zero attached hydrogens (tertiary/aromatic N) is 1. The van der Waals surface area contributed by atoms with E-state index in [1.54, 1.807) is 5.56 Å². The van der Waals surface area contributed by atoms with Gasteiger partial charge < -0.3 is 0 Å². The number of piperidine rings is 1. The molecule has 1 saturated heterocycles. The van der Waals surface area contributed by atoms with Gasteiger partial charge in [0.2, 0.25) is 0 Å². The average Bonchev–Trinajstić information content (AvgIpc) is 2.30. The molecule has 1 fully saturated rings. The molecule has 0 saturated carbocycles. The third-order valence-electron chi connectivity index (χ3n) is 3.19. The van der Waals surface area contributed by atoms with E-state index in [4.69, 9.17) is 0 Å². The van der Waals surface area contributed by atoms with Crippen LogP contribution < -0.4 is 0 Å². The molecule has 0 atom stereocenters. The summed E-state index contributed by atoms with van der Waals surface area (Å²) in [5, 5.41) is 0. The van der Waals surface area contributed by atoms with Gasteiger partial charge in [0.05, 0.1) is 0 Å². The minimum atomic E-state index is -0.700. The first-order chi connectivity index (χ1) is 7.27. The number of rotatable bonds is 2. The maximum atomic E-state index is 2.74. The minimum absolute atomic E-state index is 0.700. The molecule has 0 radical (unpaired) electrons. The molecule has 2 rings (SSSR count). The van der Waals surface area contributed by atoms with Gasteiger partial charge in [-0.1, -0.05) is 0 Å². The molecule has 0 aromatic heterocycles. The monoisotopic (exact) mass is 317 g/mol. The van der Waals surface area contributed by atoms with Crippen LogP contribution in [0.1, 0.15) is 24.3 Å². The molecule has 1 aromatic carbocycles. The van der Waals surface area contributed by atoms with Gasteiger partial charge in [-0.25, -0.2) is 0 Å². The SMILES string of the molecule is CI(C)N1CCC(c2ccccc2)CC1. The Labute approximate surface area is 101 Å². The molecule has 1 nitrogen and oxygen atoms in total. The Bertz CT molecular complexity index is 289. The van der Waals surface area contributed by atoms with E-state index in [9.17, 15) is 0 Å². The summed E-state index contributed by atoms with van der Waals surface area (Å²) in [5.41, 5.74) is 1.55. The Kier molecular flexibility index (Phi) is 4.03. The van der Waals surface area contributed by atoms with Crippen LogP contribution in [0.2, 0.25) is 0 Å². The van der Waals surface area contributed by atoms with Crippen LogP contribution in [-0.4, -0.2) is 26.1 Å². The van der Waals surface area contributed by atoms with E-state index in [-0.39, 0.29) is 0 Å². The Morgan fingerprint density at radius 1 is 1.07 bits per heavy atom. The van der Waals surface area contributed by atoms with Gasteiger partial charge in [-0.3, -0.25) is 0 Å². The van der Waals surface area contributed by atoms with Crippen molar-refractivity contribution in [1.82, 2.24) is 3.11 Å². The van der Waals surface area contributed by atoms with Crippen molar-refractivity contribution in [2.45, 2.75) is 18.8 Å². The molecule has 15 heavy (non-hydrogen) atoms. The Morgan fingerprint density at radius 3 is 2.20 bits per heavy atom. The standard InChI is InChI=1S/C13H20IN/c1-14(2)15-10-8-13(9-11-15)12-6-4-3-5-7-12/h3-7,13H,8-11H2,1-2H3. The second kappa shape index (κ2) is 5.30. The molecule has 1 aromatic rings. The second-order valence-electron chi connectivity index (χ2n) is 4.31. The average molecular weight is 317 g/mol. The summed E-state index contributed by atoms with van der Waals surface area (Å²) in [6.45, 7) is 2.66. The topological polar surface area (TPSA) is 3.24 Å². The molecule has 0 unspecified atom stereocenters. The number of halogens is 1. The fourth-order valence-corrected chi connectivity index (χ4v) is 4.73. The maximum absolute atomic E-state index is 2.74. The van der Waals surface area contributed by atoms with E-state index in [0.29, 0.717) is 0 Å². The molecule has 1 heterocycles. The number of hydrogen-bond donors (Lipinski definition) is 0. The van der Waals surface area contributed by atoms with Crippen LogP contribution in [0.15, 0.2) is 30.3 Å². The van der Waals surface area contributed by atoms with Gasteiger partial charge >= 0.3 is 101 Å². The van der Waals surface area contributed by atoms with Crippen molar-refractivity contribution >= 4 is 20.1 Å². The molecular weight excluding hydrogens is 297 g/mol. The molecule has 84 valence electrons. The van der Waals surface area contributed by atoms with Crippen molar-refractivity contribution < 1.29 is 0 Å². The predicted octanol–water partition coefficient (Wildman–Crippen LogP) is 3.55. The predicted molar refractivity (Wildman–Crippen MR) is 75.9 cm³/mol. The quantitative estimate of drug-likeness (QED) is 0.458. The molecular formula is C13H20IN. The van der Waals surface area contributed by atoms with Gasteiger partial charge in [-0.05, 0) is 0 Å².